The van der Waals surface area contributed by atoms with E-state index in [1.165, 1.54) is 17.3 Å². The first-order chi connectivity index (χ1) is 8.28. The first-order valence-electron chi connectivity index (χ1n) is 5.94. The smallest absolute Gasteiger partial charge is 0.123 e. The van der Waals surface area contributed by atoms with E-state index in [9.17, 15) is 4.39 Å². The Kier molecular flexibility index (Phi) is 2.36. The number of nitriles is 1. The van der Waals surface area contributed by atoms with Crippen molar-refractivity contribution in [1.82, 2.24) is 4.98 Å². The van der Waals surface area contributed by atoms with Gasteiger partial charge in [-0.25, -0.2) is 4.39 Å². The third-order valence-corrected chi connectivity index (χ3v) is 3.63. The van der Waals surface area contributed by atoms with Crippen LogP contribution in [0.25, 0.3) is 10.9 Å². The summed E-state index contributed by atoms with van der Waals surface area (Å²) in [5.41, 5.74) is 3.44. The minimum atomic E-state index is -0.193. The summed E-state index contributed by atoms with van der Waals surface area (Å²) in [6.07, 6.45) is 3.52. The fourth-order valence-corrected chi connectivity index (χ4v) is 2.76. The number of aromatic amines is 1. The highest BCUT2D eigenvalue weighted by molar-refractivity contribution is 5.85. The van der Waals surface area contributed by atoms with Gasteiger partial charge in [0.1, 0.15) is 5.82 Å². The molecular formula is C14H13FN2. The number of aryl methyl sites for hydroxylation is 1. The highest BCUT2D eigenvalue weighted by atomic mass is 19.1. The van der Waals surface area contributed by atoms with Gasteiger partial charge in [0.25, 0.3) is 0 Å². The molecule has 0 spiro atoms. The molecule has 3 heteroatoms. The highest BCUT2D eigenvalue weighted by Crippen LogP contribution is 2.33. The van der Waals surface area contributed by atoms with E-state index >= 15 is 0 Å². The van der Waals surface area contributed by atoms with Crippen LogP contribution in [0.15, 0.2) is 18.2 Å². The minimum Gasteiger partial charge on any atom is -0.358 e. The standard InChI is InChI=1S/C14H13FN2/c15-10-2-4-14-12(8-10)11-7-9(5-6-16)1-3-13(11)17-14/h2,4,8-9,17H,1,3,5,7H2/t9-/m0/s1. The summed E-state index contributed by atoms with van der Waals surface area (Å²) < 4.78 is 13.3. The van der Waals surface area contributed by atoms with Crippen LogP contribution in [-0.2, 0) is 12.8 Å². The van der Waals surface area contributed by atoms with Gasteiger partial charge in [-0.2, -0.15) is 5.26 Å². The lowest BCUT2D eigenvalue weighted by atomic mass is 9.85. The van der Waals surface area contributed by atoms with Crippen LogP contribution in [0, 0.1) is 23.1 Å². The Hall–Kier alpha value is -1.82. The fourth-order valence-electron chi connectivity index (χ4n) is 2.76. The molecule has 1 aromatic carbocycles. The van der Waals surface area contributed by atoms with Crippen LogP contribution in [0.4, 0.5) is 4.39 Å². The van der Waals surface area contributed by atoms with Crippen LogP contribution < -0.4 is 0 Å². The van der Waals surface area contributed by atoms with Crippen molar-refractivity contribution in [3.8, 4) is 6.07 Å². The maximum absolute atomic E-state index is 13.3. The van der Waals surface area contributed by atoms with Crippen molar-refractivity contribution in [2.45, 2.75) is 25.7 Å². The van der Waals surface area contributed by atoms with Crippen LogP contribution in [0.3, 0.4) is 0 Å². The predicted octanol–water partition coefficient (Wildman–Crippen LogP) is 3.33. The van der Waals surface area contributed by atoms with Crippen LogP contribution in [-0.4, -0.2) is 4.98 Å². The highest BCUT2D eigenvalue weighted by Gasteiger charge is 2.22. The van der Waals surface area contributed by atoms with Crippen LogP contribution in [0.5, 0.6) is 0 Å². The number of H-pyrrole nitrogens is 1. The lowest BCUT2D eigenvalue weighted by Crippen LogP contribution is -2.12. The molecular weight excluding hydrogens is 215 g/mol. The zero-order valence-corrected chi connectivity index (χ0v) is 9.46. The zero-order chi connectivity index (χ0) is 11.8. The molecule has 1 atom stereocenters. The second-order valence-electron chi connectivity index (χ2n) is 4.74. The largest absolute Gasteiger partial charge is 0.358 e. The Labute approximate surface area is 99.1 Å². The third kappa shape index (κ3) is 1.70. The maximum atomic E-state index is 13.3. The summed E-state index contributed by atoms with van der Waals surface area (Å²) in [5, 5.41) is 9.75. The number of benzene rings is 1. The topological polar surface area (TPSA) is 39.6 Å². The molecule has 0 saturated heterocycles. The second-order valence-corrected chi connectivity index (χ2v) is 4.74. The molecule has 0 amide bonds. The van der Waals surface area contributed by atoms with E-state index in [4.69, 9.17) is 5.26 Å². The van der Waals surface area contributed by atoms with E-state index in [0.717, 1.165) is 30.2 Å². The van der Waals surface area contributed by atoms with Gasteiger partial charge in [-0.3, -0.25) is 0 Å². The molecule has 1 aliphatic carbocycles. The Morgan fingerprint density at radius 3 is 3.18 bits per heavy atom. The van der Waals surface area contributed by atoms with E-state index in [1.807, 2.05) is 0 Å². The molecule has 0 bridgehead atoms. The van der Waals surface area contributed by atoms with Gasteiger partial charge in [0, 0.05) is 23.0 Å². The molecule has 86 valence electrons. The van der Waals surface area contributed by atoms with Gasteiger partial charge in [0.15, 0.2) is 0 Å². The van der Waals surface area contributed by atoms with E-state index in [-0.39, 0.29) is 5.82 Å². The van der Waals surface area contributed by atoms with Crippen LogP contribution in [0.1, 0.15) is 24.1 Å². The van der Waals surface area contributed by atoms with Crippen LogP contribution in [0.2, 0.25) is 0 Å². The van der Waals surface area contributed by atoms with E-state index < -0.39 is 0 Å². The molecule has 1 aromatic heterocycles. The summed E-state index contributed by atoms with van der Waals surface area (Å²) >= 11 is 0. The van der Waals surface area contributed by atoms with Gasteiger partial charge in [0.05, 0.1) is 6.07 Å². The average molecular weight is 228 g/mol. The zero-order valence-electron chi connectivity index (χ0n) is 9.46. The van der Waals surface area contributed by atoms with Crippen LogP contribution >= 0.6 is 0 Å². The second kappa shape index (κ2) is 3.89. The van der Waals surface area contributed by atoms with Crippen molar-refractivity contribution < 1.29 is 4.39 Å². The lowest BCUT2D eigenvalue weighted by Gasteiger charge is -2.19. The number of fused-ring (bicyclic) bond motifs is 3. The third-order valence-electron chi connectivity index (χ3n) is 3.63. The Morgan fingerprint density at radius 1 is 1.47 bits per heavy atom. The first kappa shape index (κ1) is 10.3. The molecule has 0 aliphatic heterocycles. The number of hydrogen-bond acceptors (Lipinski definition) is 1. The Balaban J connectivity index is 2.08. The van der Waals surface area contributed by atoms with Gasteiger partial charge >= 0.3 is 0 Å². The van der Waals surface area contributed by atoms with Gasteiger partial charge in [0.2, 0.25) is 0 Å². The molecule has 1 heterocycles. The summed E-state index contributed by atoms with van der Waals surface area (Å²) in [6, 6.07) is 7.11. The fraction of sp³-hybridized carbons (Fsp3) is 0.357. The number of nitrogens with zero attached hydrogens (tertiary/aromatic N) is 1. The van der Waals surface area contributed by atoms with Gasteiger partial charge < -0.3 is 4.98 Å². The minimum absolute atomic E-state index is 0.193. The molecule has 17 heavy (non-hydrogen) atoms. The average Bonchev–Trinajstić information content (AvgIpc) is 2.67. The molecule has 1 aliphatic rings. The maximum Gasteiger partial charge on any atom is 0.123 e. The number of nitrogens with one attached hydrogen (secondary N) is 1. The van der Waals surface area contributed by atoms with Crippen molar-refractivity contribution in [3.05, 3.63) is 35.3 Å². The number of hydrogen-bond donors (Lipinski definition) is 1. The Morgan fingerprint density at radius 2 is 2.35 bits per heavy atom. The number of aromatic nitrogens is 1. The normalized spacial score (nSPS) is 18.9. The molecule has 2 aromatic rings. The summed E-state index contributed by atoms with van der Waals surface area (Å²) in [7, 11) is 0. The van der Waals surface area contributed by atoms with Crippen molar-refractivity contribution in [3.63, 3.8) is 0 Å². The van der Waals surface area contributed by atoms with E-state index in [2.05, 4.69) is 11.1 Å². The van der Waals surface area contributed by atoms with E-state index in [1.54, 1.807) is 12.1 Å². The molecule has 0 saturated carbocycles. The van der Waals surface area contributed by atoms with Crippen molar-refractivity contribution in [2.75, 3.05) is 0 Å². The summed E-state index contributed by atoms with van der Waals surface area (Å²) in [6.45, 7) is 0. The van der Waals surface area contributed by atoms with E-state index in [0.29, 0.717) is 12.3 Å². The first-order valence-corrected chi connectivity index (χ1v) is 5.94. The van der Waals surface area contributed by atoms with Gasteiger partial charge in [-0.05, 0) is 48.9 Å². The molecule has 0 radical (unpaired) electrons. The number of rotatable bonds is 1. The SMILES string of the molecule is N#CC[C@@H]1CCc2[nH]c3ccc(F)cc3c2C1. The predicted molar refractivity (Wildman–Crippen MR) is 64.0 cm³/mol. The molecule has 2 nitrogen and oxygen atoms in total. The van der Waals surface area contributed by atoms with Crippen molar-refractivity contribution >= 4 is 10.9 Å². The lowest BCUT2D eigenvalue weighted by molar-refractivity contribution is 0.466. The van der Waals surface area contributed by atoms with Crippen molar-refractivity contribution in [1.29, 1.82) is 5.26 Å². The quantitative estimate of drug-likeness (QED) is 0.799. The monoisotopic (exact) mass is 228 g/mol. The number of halogens is 1. The Bertz CT molecular complexity index is 606. The van der Waals surface area contributed by atoms with Gasteiger partial charge in [-0.15, -0.1) is 0 Å². The van der Waals surface area contributed by atoms with Crippen molar-refractivity contribution in [2.24, 2.45) is 5.92 Å². The summed E-state index contributed by atoms with van der Waals surface area (Å²) in [4.78, 5) is 3.36. The molecule has 3 rings (SSSR count). The molecule has 0 fully saturated rings. The molecule has 1 N–H and O–H groups in total. The molecule has 0 unspecified atom stereocenters. The van der Waals surface area contributed by atoms with Gasteiger partial charge in [-0.1, -0.05) is 0 Å². The summed E-state index contributed by atoms with van der Waals surface area (Å²) in [5.74, 6) is 0.233.